The third-order valence-corrected chi connectivity index (χ3v) is 9.24. The molecule has 43 heavy (non-hydrogen) atoms. The summed E-state index contributed by atoms with van der Waals surface area (Å²) < 4.78 is 6.34. The minimum absolute atomic E-state index is 0.132. The third-order valence-electron chi connectivity index (χ3n) is 9.24. The molecule has 2 aromatic carbocycles. The minimum atomic E-state index is -0.229. The molecule has 9 heteroatoms. The first-order chi connectivity index (χ1) is 20.9. The predicted molar refractivity (Wildman–Crippen MR) is 169 cm³/mol. The van der Waals surface area contributed by atoms with Crippen LogP contribution in [0.15, 0.2) is 49.1 Å². The van der Waals surface area contributed by atoms with E-state index in [1.54, 1.807) is 4.90 Å². The molecule has 1 amide bonds. The highest BCUT2D eigenvalue weighted by molar-refractivity contribution is 5.95. The highest BCUT2D eigenvalue weighted by Gasteiger charge is 2.33. The van der Waals surface area contributed by atoms with E-state index in [0.717, 1.165) is 49.4 Å². The molecule has 224 valence electrons. The Kier molecular flexibility index (Phi) is 8.48. The zero-order valence-electron chi connectivity index (χ0n) is 25.3. The van der Waals surface area contributed by atoms with Gasteiger partial charge in [0.05, 0.1) is 30.8 Å². The van der Waals surface area contributed by atoms with E-state index in [9.17, 15) is 10.1 Å². The molecule has 2 saturated heterocycles. The Morgan fingerprint density at radius 1 is 1.12 bits per heavy atom. The lowest BCUT2D eigenvalue weighted by atomic mass is 10.0. The Hall–Kier alpha value is -4.16. The summed E-state index contributed by atoms with van der Waals surface area (Å²) in [5, 5.41) is 12.0. The largest absolute Gasteiger partial charge is 0.462 e. The third kappa shape index (κ3) is 6.02. The molecule has 4 heterocycles. The molecular formula is C34H41N7O2. The molecule has 0 aliphatic carbocycles. The molecule has 2 atom stereocenters. The van der Waals surface area contributed by atoms with E-state index >= 15 is 0 Å². The van der Waals surface area contributed by atoms with Crippen LogP contribution >= 0.6 is 0 Å². The van der Waals surface area contributed by atoms with Gasteiger partial charge in [0.2, 0.25) is 5.91 Å². The van der Waals surface area contributed by atoms with Crippen molar-refractivity contribution in [3.05, 3.63) is 65.9 Å². The summed E-state index contributed by atoms with van der Waals surface area (Å²) >= 11 is 0. The van der Waals surface area contributed by atoms with Gasteiger partial charge in [-0.05, 0) is 69.8 Å². The zero-order valence-corrected chi connectivity index (χ0v) is 25.3. The molecule has 0 saturated carbocycles. The van der Waals surface area contributed by atoms with E-state index in [2.05, 4.69) is 77.7 Å². The molecule has 6 rings (SSSR count). The number of anilines is 2. The molecule has 0 N–H and O–H groups in total. The number of hydrogen-bond acceptors (Lipinski definition) is 8. The second kappa shape index (κ2) is 12.6. The zero-order chi connectivity index (χ0) is 29.9. The van der Waals surface area contributed by atoms with Crippen LogP contribution < -0.4 is 14.5 Å². The highest BCUT2D eigenvalue weighted by atomic mass is 16.5. The van der Waals surface area contributed by atoms with Gasteiger partial charge in [-0.2, -0.15) is 15.2 Å². The lowest BCUT2D eigenvalue weighted by Crippen LogP contribution is -2.55. The van der Waals surface area contributed by atoms with Crippen molar-refractivity contribution in [3.63, 3.8) is 0 Å². The van der Waals surface area contributed by atoms with Crippen LogP contribution in [0.4, 0.5) is 11.5 Å². The number of amides is 1. The average Bonchev–Trinajstić information content (AvgIpc) is 3.31. The first kappa shape index (κ1) is 28.9. The Labute approximate surface area is 254 Å². The van der Waals surface area contributed by atoms with Gasteiger partial charge in [-0.1, -0.05) is 36.4 Å². The van der Waals surface area contributed by atoms with Gasteiger partial charge in [0, 0.05) is 48.9 Å². The number of aromatic nitrogens is 2. The summed E-state index contributed by atoms with van der Waals surface area (Å²) in [6, 6.07) is 16.0. The van der Waals surface area contributed by atoms with Crippen LogP contribution in [0.2, 0.25) is 0 Å². The van der Waals surface area contributed by atoms with Gasteiger partial charge in [0.25, 0.3) is 0 Å². The Bertz CT molecular complexity index is 1550. The van der Waals surface area contributed by atoms with Crippen LogP contribution in [-0.4, -0.2) is 84.1 Å². The highest BCUT2D eigenvalue weighted by Crippen LogP contribution is 2.35. The summed E-state index contributed by atoms with van der Waals surface area (Å²) in [5.41, 5.74) is 4.59. The molecule has 1 unspecified atom stereocenters. The fourth-order valence-electron chi connectivity index (χ4n) is 6.86. The number of carbonyl (C=O) groups excluding carboxylic acids is 1. The molecule has 3 aliphatic rings. The van der Waals surface area contributed by atoms with Gasteiger partial charge in [-0.3, -0.25) is 4.79 Å². The Morgan fingerprint density at radius 3 is 2.79 bits per heavy atom. The summed E-state index contributed by atoms with van der Waals surface area (Å²) in [6.45, 7) is 10.7. The smallest absolute Gasteiger partial charge is 0.318 e. The van der Waals surface area contributed by atoms with Gasteiger partial charge in [-0.25, -0.2) is 0 Å². The average molecular weight is 580 g/mol. The van der Waals surface area contributed by atoms with E-state index in [1.165, 1.54) is 34.5 Å². The molecule has 3 aliphatic heterocycles. The van der Waals surface area contributed by atoms with Crippen molar-refractivity contribution < 1.29 is 9.53 Å². The summed E-state index contributed by atoms with van der Waals surface area (Å²) in [7, 11) is 2.15. The van der Waals surface area contributed by atoms with Crippen molar-refractivity contribution >= 4 is 28.2 Å². The number of likely N-dealkylation sites (tertiary alicyclic amines) is 1. The number of carbonyl (C=O) groups is 1. The quantitative estimate of drug-likeness (QED) is 0.379. The number of hydrogen-bond donors (Lipinski definition) is 0. The molecule has 3 aromatic rings. The molecule has 0 bridgehead atoms. The summed E-state index contributed by atoms with van der Waals surface area (Å²) in [4.78, 5) is 31.4. The van der Waals surface area contributed by atoms with E-state index in [-0.39, 0.29) is 18.4 Å². The van der Waals surface area contributed by atoms with E-state index in [0.29, 0.717) is 44.8 Å². The number of nitriles is 1. The fourth-order valence-corrected chi connectivity index (χ4v) is 6.86. The van der Waals surface area contributed by atoms with Gasteiger partial charge in [-0.15, -0.1) is 0 Å². The van der Waals surface area contributed by atoms with Crippen molar-refractivity contribution in [2.24, 2.45) is 0 Å². The molecule has 2 fully saturated rings. The number of piperazine rings is 1. The lowest BCUT2D eigenvalue weighted by molar-refractivity contribution is -0.128. The Morgan fingerprint density at radius 2 is 2.00 bits per heavy atom. The van der Waals surface area contributed by atoms with Crippen molar-refractivity contribution in [1.82, 2.24) is 19.8 Å². The van der Waals surface area contributed by atoms with Crippen LogP contribution in [-0.2, 0) is 17.8 Å². The minimum Gasteiger partial charge on any atom is -0.462 e. The van der Waals surface area contributed by atoms with Crippen LogP contribution in [0.3, 0.4) is 0 Å². The maximum atomic E-state index is 12.6. The van der Waals surface area contributed by atoms with Gasteiger partial charge < -0.3 is 24.3 Å². The van der Waals surface area contributed by atoms with Crippen molar-refractivity contribution in [3.8, 4) is 12.1 Å². The monoisotopic (exact) mass is 579 g/mol. The van der Waals surface area contributed by atoms with Crippen molar-refractivity contribution in [1.29, 1.82) is 5.26 Å². The van der Waals surface area contributed by atoms with Crippen LogP contribution in [0.25, 0.3) is 10.8 Å². The molecular weight excluding hydrogens is 538 g/mol. The molecule has 1 aromatic heterocycles. The van der Waals surface area contributed by atoms with Gasteiger partial charge in [0.1, 0.15) is 12.4 Å². The van der Waals surface area contributed by atoms with Crippen molar-refractivity contribution in [2.75, 3.05) is 56.2 Å². The van der Waals surface area contributed by atoms with Crippen LogP contribution in [0.1, 0.15) is 42.5 Å². The number of rotatable bonds is 7. The molecule has 9 nitrogen and oxygen atoms in total. The number of aryl methyl sites for hydroxylation is 1. The Balaban J connectivity index is 1.36. The maximum Gasteiger partial charge on any atom is 0.318 e. The summed E-state index contributed by atoms with van der Waals surface area (Å²) in [6.07, 6.45) is 5.70. The number of ether oxygens (including phenoxy) is 1. The number of likely N-dealkylation sites (N-methyl/N-ethyl adjacent to an activating group) is 1. The van der Waals surface area contributed by atoms with E-state index < -0.39 is 0 Å². The molecule has 0 spiro atoms. The van der Waals surface area contributed by atoms with Gasteiger partial charge >= 0.3 is 6.01 Å². The van der Waals surface area contributed by atoms with Crippen LogP contribution in [0.5, 0.6) is 6.01 Å². The first-order valence-electron chi connectivity index (χ1n) is 15.5. The number of fused-ring (bicyclic) bond motifs is 2. The SMILES string of the molecule is C=CC(=O)N1CCN(c2nc(OC[C@@H]3CCCN3C)nc3c2CCCN(c2cccc4ccc(C)cc24)C3)CC1CC#N. The van der Waals surface area contributed by atoms with Crippen molar-refractivity contribution in [2.45, 2.75) is 57.7 Å². The second-order valence-corrected chi connectivity index (χ2v) is 12.1. The van der Waals surface area contributed by atoms with Crippen LogP contribution in [0, 0.1) is 18.3 Å². The number of benzene rings is 2. The topological polar surface area (TPSA) is 88.8 Å². The first-order valence-corrected chi connectivity index (χ1v) is 15.5. The molecule has 0 radical (unpaired) electrons. The fraction of sp³-hybridized carbons (Fsp3) is 0.471. The maximum absolute atomic E-state index is 12.6. The normalized spacial score (nSPS) is 20.9. The second-order valence-electron chi connectivity index (χ2n) is 12.1. The standard InChI is InChI=1S/C34H41N7O2/c1-4-32(42)41-19-18-40(21-26(41)14-15-35)33-28-10-7-17-39(31-11-5-8-25-13-12-24(2)20-29(25)31)22-30(28)36-34(37-33)43-23-27-9-6-16-38(27)3/h4-5,8,11-13,20,26-27H,1,6-7,9-10,14,16-19,21-23H2,2-3H3/t26?,27-/m0/s1. The predicted octanol–water partition coefficient (Wildman–Crippen LogP) is 4.48. The summed E-state index contributed by atoms with van der Waals surface area (Å²) in [5.74, 6) is 0.746. The van der Waals surface area contributed by atoms with E-state index in [1.807, 2.05) is 0 Å². The van der Waals surface area contributed by atoms with Gasteiger partial charge in [0.15, 0.2) is 0 Å². The number of nitrogens with zero attached hydrogens (tertiary/aromatic N) is 7. The lowest BCUT2D eigenvalue weighted by Gasteiger charge is -2.41. The van der Waals surface area contributed by atoms with E-state index in [4.69, 9.17) is 14.7 Å².